The summed E-state index contributed by atoms with van der Waals surface area (Å²) in [6.07, 6.45) is 11.3. The molecule has 4 aliphatic rings. The maximum absolute atomic E-state index is 10.3. The Balaban J connectivity index is 1.23. The van der Waals surface area contributed by atoms with Crippen molar-refractivity contribution in [2.24, 2.45) is 5.92 Å². The van der Waals surface area contributed by atoms with Gasteiger partial charge in [0.2, 0.25) is 0 Å². The first-order valence-electron chi connectivity index (χ1n) is 9.12. The van der Waals surface area contributed by atoms with Gasteiger partial charge in [-0.05, 0) is 50.0 Å². The van der Waals surface area contributed by atoms with Crippen LogP contribution < -0.4 is 0 Å². The normalized spacial score (nSPS) is 39.3. The van der Waals surface area contributed by atoms with E-state index in [-0.39, 0.29) is 12.2 Å². The summed E-state index contributed by atoms with van der Waals surface area (Å²) in [7, 11) is 0. The molecule has 0 aromatic carbocycles. The van der Waals surface area contributed by atoms with Crippen LogP contribution in [-0.4, -0.2) is 36.3 Å². The van der Waals surface area contributed by atoms with Crippen LogP contribution in [0.3, 0.4) is 0 Å². The quantitative estimate of drug-likeness (QED) is 0.810. The number of aliphatic hydroxyl groups is 1. The minimum absolute atomic E-state index is 0.159. The molecule has 0 bridgehead atoms. The first-order valence-corrected chi connectivity index (χ1v) is 9.12. The first-order chi connectivity index (χ1) is 10.8. The van der Waals surface area contributed by atoms with Gasteiger partial charge in [0.05, 0.1) is 24.6 Å². The second kappa shape index (κ2) is 6.50. The summed E-state index contributed by atoms with van der Waals surface area (Å²) in [5.41, 5.74) is 1.40. The Morgan fingerprint density at radius 1 is 1.14 bits per heavy atom. The van der Waals surface area contributed by atoms with E-state index in [1.165, 1.54) is 44.1 Å². The Labute approximate surface area is 132 Å². The fourth-order valence-electron chi connectivity index (χ4n) is 4.61. The van der Waals surface area contributed by atoms with Crippen LogP contribution in [0.25, 0.3) is 0 Å². The SMILES string of the molecule is OC(OCC1CC2CCCCC2O1)C1CC2=C(CCCC2)O1. The molecule has 2 fully saturated rings. The third kappa shape index (κ3) is 3.06. The molecule has 5 unspecified atom stereocenters. The molecule has 4 nitrogen and oxygen atoms in total. The molecule has 124 valence electrons. The Hall–Kier alpha value is -0.580. The maximum atomic E-state index is 10.3. The van der Waals surface area contributed by atoms with Crippen molar-refractivity contribution in [2.45, 2.75) is 88.8 Å². The Kier molecular flexibility index (Phi) is 4.43. The highest BCUT2D eigenvalue weighted by Gasteiger charge is 2.38. The van der Waals surface area contributed by atoms with E-state index in [9.17, 15) is 5.11 Å². The van der Waals surface area contributed by atoms with Crippen molar-refractivity contribution in [1.29, 1.82) is 0 Å². The molecule has 2 aliphatic carbocycles. The van der Waals surface area contributed by atoms with Gasteiger partial charge in [-0.25, -0.2) is 0 Å². The van der Waals surface area contributed by atoms with Gasteiger partial charge in [0.15, 0.2) is 12.4 Å². The van der Waals surface area contributed by atoms with Gasteiger partial charge < -0.3 is 19.3 Å². The van der Waals surface area contributed by atoms with Crippen LogP contribution in [0, 0.1) is 5.92 Å². The van der Waals surface area contributed by atoms with E-state index in [2.05, 4.69) is 0 Å². The van der Waals surface area contributed by atoms with Gasteiger partial charge in [-0.3, -0.25) is 0 Å². The van der Waals surface area contributed by atoms with E-state index in [4.69, 9.17) is 14.2 Å². The Morgan fingerprint density at radius 2 is 2.00 bits per heavy atom. The summed E-state index contributed by atoms with van der Waals surface area (Å²) in [5, 5.41) is 10.3. The molecule has 4 heteroatoms. The van der Waals surface area contributed by atoms with Crippen molar-refractivity contribution < 1.29 is 19.3 Å². The van der Waals surface area contributed by atoms with Crippen LogP contribution in [0.4, 0.5) is 0 Å². The molecule has 0 spiro atoms. The van der Waals surface area contributed by atoms with E-state index >= 15 is 0 Å². The van der Waals surface area contributed by atoms with Gasteiger partial charge in [0.25, 0.3) is 0 Å². The summed E-state index contributed by atoms with van der Waals surface area (Å²) in [6.45, 7) is 0.499. The highest BCUT2D eigenvalue weighted by atomic mass is 16.6. The number of hydrogen-bond donors (Lipinski definition) is 1. The predicted octanol–water partition coefficient (Wildman–Crippen LogP) is 3.29. The molecule has 0 amide bonds. The fraction of sp³-hybridized carbons (Fsp3) is 0.889. The van der Waals surface area contributed by atoms with Crippen molar-refractivity contribution >= 4 is 0 Å². The zero-order valence-corrected chi connectivity index (χ0v) is 13.3. The minimum atomic E-state index is -0.822. The Bertz CT molecular complexity index is 401. The van der Waals surface area contributed by atoms with Crippen molar-refractivity contribution in [3.63, 3.8) is 0 Å². The van der Waals surface area contributed by atoms with Crippen LogP contribution in [0.15, 0.2) is 11.3 Å². The van der Waals surface area contributed by atoms with Crippen LogP contribution >= 0.6 is 0 Å². The third-order valence-electron chi connectivity index (χ3n) is 5.81. The summed E-state index contributed by atoms with van der Waals surface area (Å²) < 4.78 is 17.7. The number of aliphatic hydroxyl groups excluding tert-OH is 1. The third-order valence-corrected chi connectivity index (χ3v) is 5.81. The van der Waals surface area contributed by atoms with Crippen LogP contribution in [0.1, 0.15) is 64.2 Å². The molecular formula is C18H28O4. The van der Waals surface area contributed by atoms with Crippen molar-refractivity contribution in [2.75, 3.05) is 6.61 Å². The number of fused-ring (bicyclic) bond motifs is 1. The molecule has 0 radical (unpaired) electrons. The second-order valence-electron chi connectivity index (χ2n) is 7.39. The standard InChI is InChI=1S/C18H28O4/c19-18(17-10-13-6-2-4-8-16(13)22-17)20-11-14-9-12-5-1-3-7-15(12)21-14/h12,14-15,17-19H,1-11H2. The summed E-state index contributed by atoms with van der Waals surface area (Å²) >= 11 is 0. The van der Waals surface area contributed by atoms with Gasteiger partial charge in [0.1, 0.15) is 0 Å². The van der Waals surface area contributed by atoms with E-state index in [1.807, 2.05) is 0 Å². The monoisotopic (exact) mass is 308 g/mol. The lowest BCUT2D eigenvalue weighted by Crippen LogP contribution is -2.32. The number of allylic oxidation sites excluding steroid dienone is 1. The van der Waals surface area contributed by atoms with Crippen LogP contribution in [0.2, 0.25) is 0 Å². The van der Waals surface area contributed by atoms with Crippen LogP contribution in [0.5, 0.6) is 0 Å². The number of hydrogen-bond acceptors (Lipinski definition) is 4. The van der Waals surface area contributed by atoms with E-state index in [0.717, 1.165) is 37.4 Å². The molecule has 1 saturated heterocycles. The van der Waals surface area contributed by atoms with Gasteiger partial charge in [-0.15, -0.1) is 0 Å². The molecule has 5 atom stereocenters. The lowest BCUT2D eigenvalue weighted by atomic mass is 9.85. The predicted molar refractivity (Wildman–Crippen MR) is 82.2 cm³/mol. The molecule has 2 heterocycles. The van der Waals surface area contributed by atoms with Gasteiger partial charge in [-0.1, -0.05) is 12.8 Å². The lowest BCUT2D eigenvalue weighted by molar-refractivity contribution is -0.178. The molecule has 1 N–H and O–H groups in total. The molecule has 0 aromatic rings. The second-order valence-corrected chi connectivity index (χ2v) is 7.39. The average molecular weight is 308 g/mol. The fourth-order valence-corrected chi connectivity index (χ4v) is 4.61. The molecule has 2 aliphatic heterocycles. The maximum Gasteiger partial charge on any atom is 0.192 e. The summed E-state index contributed by atoms with van der Waals surface area (Å²) in [4.78, 5) is 0. The number of ether oxygens (including phenoxy) is 3. The lowest BCUT2D eigenvalue weighted by Gasteiger charge is -2.23. The largest absolute Gasteiger partial charge is 0.489 e. The molecule has 22 heavy (non-hydrogen) atoms. The topological polar surface area (TPSA) is 47.9 Å². The van der Waals surface area contributed by atoms with Gasteiger partial charge in [0, 0.05) is 12.8 Å². The highest BCUT2D eigenvalue weighted by Crippen LogP contribution is 2.39. The molecule has 1 saturated carbocycles. The smallest absolute Gasteiger partial charge is 0.192 e. The van der Waals surface area contributed by atoms with Crippen molar-refractivity contribution in [3.05, 3.63) is 11.3 Å². The van der Waals surface area contributed by atoms with E-state index in [0.29, 0.717) is 12.7 Å². The summed E-state index contributed by atoms with van der Waals surface area (Å²) in [5.74, 6) is 1.85. The minimum Gasteiger partial charge on any atom is -0.489 e. The van der Waals surface area contributed by atoms with Gasteiger partial charge in [-0.2, -0.15) is 0 Å². The van der Waals surface area contributed by atoms with Gasteiger partial charge >= 0.3 is 0 Å². The zero-order valence-electron chi connectivity index (χ0n) is 13.3. The van der Waals surface area contributed by atoms with E-state index < -0.39 is 6.29 Å². The van der Waals surface area contributed by atoms with E-state index in [1.54, 1.807) is 0 Å². The zero-order chi connectivity index (χ0) is 14.9. The van der Waals surface area contributed by atoms with Crippen molar-refractivity contribution in [1.82, 2.24) is 0 Å². The van der Waals surface area contributed by atoms with Crippen LogP contribution in [-0.2, 0) is 14.2 Å². The molecule has 0 aromatic heterocycles. The summed E-state index contributed by atoms with van der Waals surface area (Å²) in [6, 6.07) is 0. The number of rotatable bonds is 4. The average Bonchev–Trinajstić information content (AvgIpc) is 3.15. The highest BCUT2D eigenvalue weighted by molar-refractivity contribution is 5.17. The molecular weight excluding hydrogens is 280 g/mol. The first kappa shape index (κ1) is 15.0. The molecule has 4 rings (SSSR count). The Morgan fingerprint density at radius 3 is 2.86 bits per heavy atom. The van der Waals surface area contributed by atoms with Crippen molar-refractivity contribution in [3.8, 4) is 0 Å².